The summed E-state index contributed by atoms with van der Waals surface area (Å²) < 4.78 is 28.9. The lowest BCUT2D eigenvalue weighted by molar-refractivity contribution is 0.572. The number of imidazole rings is 1. The van der Waals surface area contributed by atoms with Gasteiger partial charge in [-0.3, -0.25) is 0 Å². The molecule has 130 valence electrons. The molecule has 0 spiro atoms. The Morgan fingerprint density at radius 1 is 1.04 bits per heavy atom. The minimum absolute atomic E-state index is 0.0359. The molecule has 25 heavy (non-hydrogen) atoms. The Bertz CT molecular complexity index is 921. The van der Waals surface area contributed by atoms with Gasteiger partial charge in [-0.05, 0) is 18.6 Å². The van der Waals surface area contributed by atoms with Gasteiger partial charge in [-0.2, -0.15) is 0 Å². The summed E-state index contributed by atoms with van der Waals surface area (Å²) in [5, 5.41) is 0. The lowest BCUT2D eigenvalue weighted by Crippen LogP contribution is -2.28. The van der Waals surface area contributed by atoms with Crippen LogP contribution in [0.25, 0.3) is 11.6 Å². The molecule has 0 unspecified atom stereocenters. The average Bonchev–Trinajstić information content (AvgIpc) is 3.06. The predicted octanol–water partition coefficient (Wildman–Crippen LogP) is 1.77. The van der Waals surface area contributed by atoms with Crippen molar-refractivity contribution in [3.8, 4) is 11.6 Å². The molecule has 0 aliphatic rings. The van der Waals surface area contributed by atoms with E-state index in [2.05, 4.69) is 19.7 Å². The van der Waals surface area contributed by atoms with Gasteiger partial charge in [-0.25, -0.2) is 28.1 Å². The standard InChI is InChI=1S/C17H19N5O2S/c1-14-3-5-15(6-4-14)13-25(23,24)21-10-12-22-11-9-20-17(22)16-18-7-2-8-19-16/h2-9,11,21H,10,12-13H2,1H3. The van der Waals surface area contributed by atoms with Crippen molar-refractivity contribution < 1.29 is 8.42 Å². The molecular formula is C17H19N5O2S. The number of nitrogens with one attached hydrogen (secondary N) is 1. The van der Waals surface area contributed by atoms with Crippen LogP contribution in [-0.2, 0) is 22.3 Å². The van der Waals surface area contributed by atoms with Crippen LogP contribution in [0.5, 0.6) is 0 Å². The van der Waals surface area contributed by atoms with E-state index in [-0.39, 0.29) is 12.3 Å². The van der Waals surface area contributed by atoms with Gasteiger partial charge in [-0.15, -0.1) is 0 Å². The molecule has 2 heterocycles. The number of hydrogen-bond acceptors (Lipinski definition) is 5. The minimum Gasteiger partial charge on any atom is -0.327 e. The Hall–Kier alpha value is -2.58. The van der Waals surface area contributed by atoms with E-state index < -0.39 is 10.0 Å². The van der Waals surface area contributed by atoms with Crippen molar-refractivity contribution in [2.75, 3.05) is 6.54 Å². The highest BCUT2D eigenvalue weighted by molar-refractivity contribution is 7.88. The zero-order valence-corrected chi connectivity index (χ0v) is 14.6. The SMILES string of the molecule is Cc1ccc(CS(=O)(=O)NCCn2ccnc2-c2ncccn2)cc1. The normalized spacial score (nSPS) is 11.6. The second kappa shape index (κ2) is 7.54. The van der Waals surface area contributed by atoms with Crippen molar-refractivity contribution in [1.82, 2.24) is 24.2 Å². The Kier molecular flexibility index (Phi) is 5.20. The molecule has 0 amide bonds. The highest BCUT2D eigenvalue weighted by Gasteiger charge is 2.12. The predicted molar refractivity (Wildman–Crippen MR) is 95.1 cm³/mol. The van der Waals surface area contributed by atoms with E-state index in [9.17, 15) is 8.42 Å². The Morgan fingerprint density at radius 2 is 1.76 bits per heavy atom. The fourth-order valence-corrected chi connectivity index (χ4v) is 3.52. The van der Waals surface area contributed by atoms with Crippen LogP contribution in [0, 0.1) is 6.92 Å². The first-order valence-electron chi connectivity index (χ1n) is 7.85. The summed E-state index contributed by atoms with van der Waals surface area (Å²) >= 11 is 0. The molecular weight excluding hydrogens is 338 g/mol. The van der Waals surface area contributed by atoms with Crippen LogP contribution in [0.2, 0.25) is 0 Å². The first-order valence-corrected chi connectivity index (χ1v) is 9.50. The number of sulfonamides is 1. The molecule has 8 heteroatoms. The van der Waals surface area contributed by atoms with Gasteiger partial charge < -0.3 is 4.57 Å². The quantitative estimate of drug-likeness (QED) is 0.696. The van der Waals surface area contributed by atoms with Crippen molar-refractivity contribution in [2.45, 2.75) is 19.2 Å². The Balaban J connectivity index is 1.60. The molecule has 3 aromatic rings. The smallest absolute Gasteiger partial charge is 0.215 e. The van der Waals surface area contributed by atoms with Crippen LogP contribution in [-0.4, -0.2) is 34.5 Å². The van der Waals surface area contributed by atoms with Crippen LogP contribution in [0.3, 0.4) is 0 Å². The first kappa shape index (κ1) is 17.2. The monoisotopic (exact) mass is 357 g/mol. The van der Waals surface area contributed by atoms with Crippen molar-refractivity contribution in [2.24, 2.45) is 0 Å². The number of hydrogen-bond donors (Lipinski definition) is 1. The molecule has 7 nitrogen and oxygen atoms in total. The van der Waals surface area contributed by atoms with Crippen LogP contribution in [0.4, 0.5) is 0 Å². The van der Waals surface area contributed by atoms with E-state index in [1.54, 1.807) is 30.9 Å². The van der Waals surface area contributed by atoms with Crippen molar-refractivity contribution in [3.05, 3.63) is 66.2 Å². The zero-order chi connectivity index (χ0) is 17.7. The third-order valence-corrected chi connectivity index (χ3v) is 4.99. The molecule has 0 aliphatic carbocycles. The Labute approximate surface area is 146 Å². The number of aromatic nitrogens is 4. The third-order valence-electron chi connectivity index (χ3n) is 3.63. The second-order valence-electron chi connectivity index (χ2n) is 5.66. The van der Waals surface area contributed by atoms with Gasteiger partial charge in [0.25, 0.3) is 0 Å². The number of aryl methyl sites for hydroxylation is 1. The first-order chi connectivity index (χ1) is 12.0. The van der Waals surface area contributed by atoms with Crippen LogP contribution >= 0.6 is 0 Å². The summed E-state index contributed by atoms with van der Waals surface area (Å²) in [7, 11) is -3.39. The summed E-state index contributed by atoms with van der Waals surface area (Å²) in [5.41, 5.74) is 1.86. The molecule has 0 aliphatic heterocycles. The minimum atomic E-state index is -3.39. The summed E-state index contributed by atoms with van der Waals surface area (Å²) in [4.78, 5) is 12.6. The van der Waals surface area contributed by atoms with E-state index in [1.807, 2.05) is 35.8 Å². The van der Waals surface area contributed by atoms with E-state index in [1.165, 1.54) is 0 Å². The van der Waals surface area contributed by atoms with Crippen molar-refractivity contribution in [1.29, 1.82) is 0 Å². The molecule has 1 N–H and O–H groups in total. The lowest BCUT2D eigenvalue weighted by atomic mass is 10.2. The van der Waals surface area contributed by atoms with Crippen LogP contribution in [0.1, 0.15) is 11.1 Å². The maximum atomic E-state index is 12.2. The van der Waals surface area contributed by atoms with E-state index >= 15 is 0 Å². The molecule has 3 rings (SSSR count). The van der Waals surface area contributed by atoms with E-state index in [0.29, 0.717) is 18.2 Å². The number of rotatable bonds is 7. The summed E-state index contributed by atoms with van der Waals surface area (Å²) in [6.45, 7) is 2.68. The van der Waals surface area contributed by atoms with Gasteiger partial charge >= 0.3 is 0 Å². The lowest BCUT2D eigenvalue weighted by Gasteiger charge is -2.09. The zero-order valence-electron chi connectivity index (χ0n) is 13.8. The van der Waals surface area contributed by atoms with Crippen LogP contribution < -0.4 is 4.72 Å². The van der Waals surface area contributed by atoms with E-state index in [4.69, 9.17) is 0 Å². The molecule has 0 radical (unpaired) electrons. The van der Waals surface area contributed by atoms with Gasteiger partial charge in [0.15, 0.2) is 11.6 Å². The second-order valence-corrected chi connectivity index (χ2v) is 7.46. The fraction of sp³-hybridized carbons (Fsp3) is 0.235. The van der Waals surface area contributed by atoms with Gasteiger partial charge in [0.05, 0.1) is 5.75 Å². The Morgan fingerprint density at radius 3 is 2.48 bits per heavy atom. The van der Waals surface area contributed by atoms with Crippen LogP contribution in [0.15, 0.2) is 55.1 Å². The highest BCUT2D eigenvalue weighted by Crippen LogP contribution is 2.11. The van der Waals surface area contributed by atoms with Gasteiger partial charge in [0.2, 0.25) is 10.0 Å². The van der Waals surface area contributed by atoms with Gasteiger partial charge in [0.1, 0.15) is 0 Å². The molecule has 0 atom stereocenters. The summed E-state index contributed by atoms with van der Waals surface area (Å²) in [5.74, 6) is 1.08. The molecule has 0 saturated heterocycles. The largest absolute Gasteiger partial charge is 0.327 e. The molecule has 0 saturated carbocycles. The van der Waals surface area contributed by atoms with E-state index in [0.717, 1.165) is 11.1 Å². The molecule has 0 fully saturated rings. The fourth-order valence-electron chi connectivity index (χ4n) is 2.39. The average molecular weight is 357 g/mol. The molecule has 1 aromatic carbocycles. The third kappa shape index (κ3) is 4.71. The molecule has 2 aromatic heterocycles. The maximum Gasteiger partial charge on any atom is 0.215 e. The molecule has 0 bridgehead atoms. The number of nitrogens with zero attached hydrogens (tertiary/aromatic N) is 4. The van der Waals surface area contributed by atoms with Gasteiger partial charge in [-0.1, -0.05) is 29.8 Å². The number of benzene rings is 1. The summed E-state index contributed by atoms with van der Waals surface area (Å²) in [6.07, 6.45) is 6.71. The maximum absolute atomic E-state index is 12.2. The summed E-state index contributed by atoms with van der Waals surface area (Å²) in [6, 6.07) is 9.20. The topological polar surface area (TPSA) is 89.8 Å². The highest BCUT2D eigenvalue weighted by atomic mass is 32.2. The van der Waals surface area contributed by atoms with Crippen molar-refractivity contribution in [3.63, 3.8) is 0 Å². The van der Waals surface area contributed by atoms with Crippen molar-refractivity contribution >= 4 is 10.0 Å². The van der Waals surface area contributed by atoms with Gasteiger partial charge in [0, 0.05) is 37.9 Å².